The second kappa shape index (κ2) is 14.1. The molecule has 0 unspecified atom stereocenters. The summed E-state index contributed by atoms with van der Waals surface area (Å²) >= 11 is 0. The molecule has 258 valence electrons. The van der Waals surface area contributed by atoms with Gasteiger partial charge in [0.2, 0.25) is 0 Å². The molecular formula is C49H37N5. The zero-order chi connectivity index (χ0) is 36.4. The molecule has 9 aromatic rings. The molecule has 0 aliphatic carbocycles. The summed E-state index contributed by atoms with van der Waals surface area (Å²) in [7, 11) is 0. The molecule has 6 aromatic carbocycles. The molecule has 0 N–H and O–H groups in total. The van der Waals surface area contributed by atoms with Gasteiger partial charge in [0, 0.05) is 64.7 Å². The minimum atomic E-state index is 0.707. The monoisotopic (exact) mass is 695 g/mol. The van der Waals surface area contributed by atoms with E-state index in [1.165, 1.54) is 38.7 Å². The maximum Gasteiger partial charge on any atom is 0.159 e. The maximum absolute atomic E-state index is 4.45. The molecule has 0 bridgehead atoms. The van der Waals surface area contributed by atoms with Crippen molar-refractivity contribution < 1.29 is 0 Å². The molecule has 0 radical (unpaired) electrons. The number of aryl methyl sites for hydroxylation is 2. The van der Waals surface area contributed by atoms with E-state index < -0.39 is 0 Å². The van der Waals surface area contributed by atoms with Crippen molar-refractivity contribution in [1.29, 1.82) is 0 Å². The Morgan fingerprint density at radius 3 is 1.72 bits per heavy atom. The first kappa shape index (κ1) is 32.8. The van der Waals surface area contributed by atoms with Crippen molar-refractivity contribution >= 4 is 28.0 Å². The first-order valence-corrected chi connectivity index (χ1v) is 18.2. The van der Waals surface area contributed by atoms with Gasteiger partial charge in [-0.05, 0) is 155 Å². The Hall–Kier alpha value is -7.11. The van der Waals surface area contributed by atoms with Crippen molar-refractivity contribution in [3.63, 3.8) is 0 Å². The zero-order valence-corrected chi connectivity index (χ0v) is 30.1. The number of benzene rings is 6. The summed E-state index contributed by atoms with van der Waals surface area (Å²) < 4.78 is 2.28. The molecule has 0 aliphatic heterocycles. The quantitative estimate of drug-likeness (QED) is 0.159. The molecule has 0 aliphatic rings. The first-order chi connectivity index (χ1) is 26.6. The summed E-state index contributed by atoms with van der Waals surface area (Å²) in [6.45, 7) is 4.42. The van der Waals surface area contributed by atoms with E-state index in [0.717, 1.165) is 45.0 Å². The Morgan fingerprint density at radius 2 is 1.07 bits per heavy atom. The zero-order valence-electron chi connectivity index (χ0n) is 30.1. The molecule has 5 nitrogen and oxygen atoms in total. The molecule has 0 saturated heterocycles. The van der Waals surface area contributed by atoms with E-state index in [4.69, 9.17) is 0 Å². The van der Waals surface area contributed by atoms with Gasteiger partial charge in [0.25, 0.3) is 0 Å². The van der Waals surface area contributed by atoms with Gasteiger partial charge in [-0.15, -0.1) is 0 Å². The lowest BCUT2D eigenvalue weighted by molar-refractivity contribution is 1.13. The summed E-state index contributed by atoms with van der Waals surface area (Å²) in [6, 6.07) is 56.1. The predicted octanol–water partition coefficient (Wildman–Crippen LogP) is 12.6. The molecule has 0 amide bonds. The Morgan fingerprint density at radius 1 is 0.463 bits per heavy atom. The topological polar surface area (TPSA) is 46.8 Å². The molecular weight excluding hydrogens is 659 g/mol. The fourth-order valence-electron chi connectivity index (χ4n) is 7.29. The SMILES string of the molecule is Cc1ccc(-c2ccc(N(c3ccc(-c4cccnc4)cc3)c3ccc(-c4ncccn4)cc3)cc2)cc1-c1cc2c(ccn2-c2ccccc2)cc1C. The molecule has 5 heteroatoms. The van der Waals surface area contributed by atoms with Crippen molar-refractivity contribution in [2.75, 3.05) is 4.90 Å². The van der Waals surface area contributed by atoms with Crippen LogP contribution in [0, 0.1) is 13.8 Å². The molecule has 0 saturated carbocycles. The van der Waals surface area contributed by atoms with Crippen LogP contribution in [-0.2, 0) is 0 Å². The highest BCUT2D eigenvalue weighted by Gasteiger charge is 2.16. The number of pyridine rings is 1. The molecule has 3 heterocycles. The van der Waals surface area contributed by atoms with Crippen LogP contribution in [-0.4, -0.2) is 19.5 Å². The minimum absolute atomic E-state index is 0.707. The fourth-order valence-corrected chi connectivity index (χ4v) is 7.29. The van der Waals surface area contributed by atoms with Crippen molar-refractivity contribution in [2.45, 2.75) is 13.8 Å². The van der Waals surface area contributed by atoms with E-state index in [1.54, 1.807) is 18.6 Å². The molecule has 0 spiro atoms. The molecule has 3 aromatic heterocycles. The van der Waals surface area contributed by atoms with Gasteiger partial charge in [0.1, 0.15) is 0 Å². The summed E-state index contributed by atoms with van der Waals surface area (Å²) in [5, 5.41) is 1.24. The van der Waals surface area contributed by atoms with Crippen LogP contribution in [0.3, 0.4) is 0 Å². The summed E-state index contributed by atoms with van der Waals surface area (Å²) in [5.74, 6) is 0.707. The summed E-state index contributed by atoms with van der Waals surface area (Å²) in [6.07, 6.45) is 9.41. The van der Waals surface area contributed by atoms with Crippen molar-refractivity contribution in [1.82, 2.24) is 19.5 Å². The van der Waals surface area contributed by atoms with Crippen molar-refractivity contribution in [3.8, 4) is 50.5 Å². The normalized spacial score (nSPS) is 11.1. The lowest BCUT2D eigenvalue weighted by atomic mass is 9.92. The van der Waals surface area contributed by atoms with Crippen LogP contribution >= 0.6 is 0 Å². The Kier molecular flexibility index (Phi) is 8.58. The van der Waals surface area contributed by atoms with Crippen LogP contribution in [0.1, 0.15) is 11.1 Å². The number of rotatable bonds is 8. The average molecular weight is 696 g/mol. The van der Waals surface area contributed by atoms with Crippen LogP contribution < -0.4 is 4.90 Å². The second-order valence-electron chi connectivity index (χ2n) is 13.6. The highest BCUT2D eigenvalue weighted by Crippen LogP contribution is 2.39. The predicted molar refractivity (Wildman–Crippen MR) is 223 cm³/mol. The van der Waals surface area contributed by atoms with Gasteiger partial charge in [-0.3, -0.25) is 4.98 Å². The van der Waals surface area contributed by atoms with Gasteiger partial charge in [0.05, 0.1) is 5.52 Å². The van der Waals surface area contributed by atoms with E-state index in [1.807, 2.05) is 18.3 Å². The Bertz CT molecular complexity index is 2600. The van der Waals surface area contributed by atoms with Gasteiger partial charge >= 0.3 is 0 Å². The Labute approximate surface area is 315 Å². The standard InChI is InChI=1S/C49H37N5/c1-34-11-12-39(31-46(34)47-32-48-40(30-35(47)2)25-29-53(48)42-9-4-3-5-10-42)36-13-19-43(20-14-36)54(44-21-15-37(16-22-44)41-8-6-26-50-33-41)45-23-17-38(18-24-45)49-51-27-7-28-52-49/h3-33H,1-2H3. The number of nitrogens with zero attached hydrogens (tertiary/aromatic N) is 5. The number of hydrogen-bond acceptors (Lipinski definition) is 4. The van der Waals surface area contributed by atoms with Gasteiger partial charge < -0.3 is 9.47 Å². The third-order valence-corrected chi connectivity index (χ3v) is 10.1. The number of hydrogen-bond donors (Lipinski definition) is 0. The van der Waals surface area contributed by atoms with Gasteiger partial charge in [-0.1, -0.05) is 60.7 Å². The summed E-state index contributed by atoms with van der Waals surface area (Å²) in [5.41, 5.74) is 16.1. The number of aromatic nitrogens is 4. The van der Waals surface area contributed by atoms with Gasteiger partial charge in [-0.25, -0.2) is 9.97 Å². The lowest BCUT2D eigenvalue weighted by Gasteiger charge is -2.26. The van der Waals surface area contributed by atoms with Crippen molar-refractivity contribution in [3.05, 3.63) is 200 Å². The van der Waals surface area contributed by atoms with Gasteiger partial charge in [0.15, 0.2) is 5.82 Å². The first-order valence-electron chi connectivity index (χ1n) is 18.2. The fraction of sp³-hybridized carbons (Fsp3) is 0.0408. The summed E-state index contributed by atoms with van der Waals surface area (Å²) in [4.78, 5) is 15.5. The van der Waals surface area contributed by atoms with Crippen LogP contribution in [0.5, 0.6) is 0 Å². The van der Waals surface area contributed by atoms with Crippen LogP contribution in [0.15, 0.2) is 189 Å². The van der Waals surface area contributed by atoms with Crippen LogP contribution in [0.4, 0.5) is 17.1 Å². The van der Waals surface area contributed by atoms with E-state index in [-0.39, 0.29) is 0 Å². The highest BCUT2D eigenvalue weighted by molar-refractivity contribution is 5.90. The van der Waals surface area contributed by atoms with E-state index in [0.29, 0.717) is 5.82 Å². The Balaban J connectivity index is 1.07. The van der Waals surface area contributed by atoms with Crippen molar-refractivity contribution in [2.24, 2.45) is 0 Å². The molecule has 0 fully saturated rings. The van der Waals surface area contributed by atoms with E-state index in [2.05, 4.69) is 190 Å². The minimum Gasteiger partial charge on any atom is -0.317 e. The number of anilines is 3. The highest BCUT2D eigenvalue weighted by atomic mass is 15.1. The third-order valence-electron chi connectivity index (χ3n) is 10.1. The molecule has 9 rings (SSSR count). The number of fused-ring (bicyclic) bond motifs is 1. The average Bonchev–Trinajstić information content (AvgIpc) is 3.65. The second-order valence-corrected chi connectivity index (χ2v) is 13.6. The van der Waals surface area contributed by atoms with E-state index in [9.17, 15) is 0 Å². The smallest absolute Gasteiger partial charge is 0.159 e. The lowest BCUT2D eigenvalue weighted by Crippen LogP contribution is -2.09. The third kappa shape index (κ3) is 6.33. The van der Waals surface area contributed by atoms with Crippen LogP contribution in [0.2, 0.25) is 0 Å². The molecule has 0 atom stereocenters. The van der Waals surface area contributed by atoms with E-state index >= 15 is 0 Å². The maximum atomic E-state index is 4.45. The largest absolute Gasteiger partial charge is 0.317 e. The number of para-hydroxylation sites is 1. The van der Waals surface area contributed by atoms with Gasteiger partial charge in [-0.2, -0.15) is 0 Å². The van der Waals surface area contributed by atoms with Crippen LogP contribution in [0.25, 0.3) is 61.4 Å². The molecule has 54 heavy (non-hydrogen) atoms.